The third-order valence-electron chi connectivity index (χ3n) is 3.70. The van der Waals surface area contributed by atoms with Gasteiger partial charge in [-0.3, -0.25) is 14.3 Å². The molecule has 1 aliphatic rings. The van der Waals surface area contributed by atoms with Crippen molar-refractivity contribution in [1.29, 1.82) is 0 Å². The van der Waals surface area contributed by atoms with E-state index in [9.17, 15) is 14.5 Å². The zero-order valence-electron chi connectivity index (χ0n) is 11.4. The van der Waals surface area contributed by atoms with E-state index in [1.165, 1.54) is 0 Å². The molecule has 21 heavy (non-hydrogen) atoms. The van der Waals surface area contributed by atoms with Gasteiger partial charge < -0.3 is 20.6 Å². The van der Waals surface area contributed by atoms with E-state index in [0.717, 1.165) is 5.56 Å². The third kappa shape index (κ3) is 4.12. The number of benzene rings is 1. The van der Waals surface area contributed by atoms with E-state index in [0.29, 0.717) is 6.54 Å². The Kier molecular flexibility index (Phi) is 4.51. The van der Waals surface area contributed by atoms with Crippen LogP contribution in [0.4, 0.5) is 0 Å². The minimum atomic E-state index is -4.23. The lowest BCUT2D eigenvalue weighted by molar-refractivity contribution is -0.142. The van der Waals surface area contributed by atoms with E-state index in [-0.39, 0.29) is 19.1 Å². The molecule has 1 fully saturated rings. The van der Waals surface area contributed by atoms with Crippen LogP contribution in [0.5, 0.6) is 0 Å². The summed E-state index contributed by atoms with van der Waals surface area (Å²) in [6, 6.07) is 8.79. The van der Waals surface area contributed by atoms with Crippen molar-refractivity contribution in [2.24, 2.45) is 5.73 Å². The van der Waals surface area contributed by atoms with Crippen molar-refractivity contribution in [3.05, 3.63) is 35.9 Å². The summed E-state index contributed by atoms with van der Waals surface area (Å²) in [4.78, 5) is 31.4. The van der Waals surface area contributed by atoms with E-state index >= 15 is 0 Å². The molecule has 0 bridgehead atoms. The number of rotatable bonds is 5. The van der Waals surface area contributed by atoms with Crippen molar-refractivity contribution in [3.8, 4) is 0 Å². The maximum Gasteiger partial charge on any atom is 0.327 e. The summed E-state index contributed by atoms with van der Waals surface area (Å²) in [5.74, 6) is -1.14. The van der Waals surface area contributed by atoms with Crippen molar-refractivity contribution >= 4 is 13.6 Å². The molecule has 0 spiro atoms. The highest BCUT2D eigenvalue weighted by molar-refractivity contribution is 7.51. The predicted molar refractivity (Wildman–Crippen MR) is 76.7 cm³/mol. The average molecular weight is 314 g/mol. The average Bonchev–Trinajstić information content (AvgIpc) is 2.66. The van der Waals surface area contributed by atoms with Gasteiger partial charge in [-0.2, -0.15) is 0 Å². The second kappa shape index (κ2) is 5.87. The van der Waals surface area contributed by atoms with Gasteiger partial charge in [0.2, 0.25) is 0 Å². The Hall–Kier alpha value is -1.24. The van der Waals surface area contributed by atoms with Gasteiger partial charge in [-0.1, -0.05) is 30.3 Å². The molecule has 0 radical (unpaired) electrons. The van der Waals surface area contributed by atoms with Crippen LogP contribution in [0.15, 0.2) is 30.3 Å². The number of carboxylic acid groups (broad SMARTS) is 1. The Morgan fingerprint density at radius 1 is 1.38 bits per heavy atom. The molecule has 1 aliphatic heterocycles. The van der Waals surface area contributed by atoms with E-state index in [1.54, 1.807) is 4.90 Å². The summed E-state index contributed by atoms with van der Waals surface area (Å²) in [6.07, 6.45) is -0.355. The maximum atomic E-state index is 11.3. The molecule has 8 heteroatoms. The Morgan fingerprint density at radius 3 is 2.52 bits per heavy atom. The number of aliphatic carboxylic acids is 1. The summed E-state index contributed by atoms with van der Waals surface area (Å²) < 4.78 is 11.2. The first-order valence-corrected chi connectivity index (χ1v) is 8.34. The Morgan fingerprint density at radius 2 is 2.00 bits per heavy atom. The van der Waals surface area contributed by atoms with Gasteiger partial charge in [0.15, 0.2) is 0 Å². The van der Waals surface area contributed by atoms with Crippen LogP contribution in [0.1, 0.15) is 12.0 Å². The molecule has 116 valence electrons. The van der Waals surface area contributed by atoms with Crippen molar-refractivity contribution in [3.63, 3.8) is 0 Å². The largest absolute Gasteiger partial charge is 0.480 e. The fraction of sp³-hybridized carbons (Fsp3) is 0.462. The minimum absolute atomic E-state index is 0.0281. The van der Waals surface area contributed by atoms with Crippen LogP contribution >= 0.6 is 7.60 Å². The first kappa shape index (κ1) is 16.1. The molecule has 0 aliphatic carbocycles. The van der Waals surface area contributed by atoms with Gasteiger partial charge in [-0.15, -0.1) is 0 Å². The molecule has 2 rings (SSSR count). The zero-order valence-corrected chi connectivity index (χ0v) is 12.3. The fourth-order valence-corrected chi connectivity index (χ4v) is 3.63. The van der Waals surface area contributed by atoms with Crippen molar-refractivity contribution in [1.82, 2.24) is 4.90 Å². The summed E-state index contributed by atoms with van der Waals surface area (Å²) in [7, 11) is -4.23. The number of likely N-dealkylation sites (tertiary alicyclic amines) is 1. The summed E-state index contributed by atoms with van der Waals surface area (Å²) in [5.41, 5.74) is 5.34. The van der Waals surface area contributed by atoms with Gasteiger partial charge in [-0.25, -0.2) is 0 Å². The fourth-order valence-electron chi connectivity index (χ4n) is 2.72. The molecule has 5 N–H and O–H groups in total. The standard InChI is InChI=1S/C13H19N2O5P/c14-13(12(16)17)6-11(8-21(18,19)20)15(9-13)7-10-4-2-1-3-5-10/h1-5,11H,6-9,14H2,(H,16,17)(H2,18,19,20)/t11-,13+/m0/s1. The SMILES string of the molecule is N[C@]1(C(=O)O)C[C@@H](CP(=O)(O)O)N(Cc2ccccc2)C1. The Bertz CT molecular complexity index is 561. The van der Waals surface area contributed by atoms with Crippen molar-refractivity contribution < 1.29 is 24.3 Å². The Labute approximate surface area is 122 Å². The summed E-state index contributed by atoms with van der Waals surface area (Å²) in [6.45, 7) is 0.486. The van der Waals surface area contributed by atoms with Gasteiger partial charge >= 0.3 is 13.6 Å². The van der Waals surface area contributed by atoms with Crippen molar-refractivity contribution in [2.75, 3.05) is 12.7 Å². The molecule has 0 unspecified atom stereocenters. The summed E-state index contributed by atoms with van der Waals surface area (Å²) >= 11 is 0. The van der Waals surface area contributed by atoms with Crippen LogP contribution in [0.3, 0.4) is 0 Å². The highest BCUT2D eigenvalue weighted by Crippen LogP contribution is 2.40. The quantitative estimate of drug-likeness (QED) is 0.573. The third-order valence-corrected chi connectivity index (χ3v) is 4.60. The first-order valence-electron chi connectivity index (χ1n) is 6.54. The second-order valence-electron chi connectivity index (χ2n) is 5.56. The molecule has 2 atom stereocenters. The molecule has 0 amide bonds. The molecule has 0 aromatic heterocycles. The number of nitrogens with two attached hydrogens (primary N) is 1. The van der Waals surface area contributed by atoms with E-state index < -0.39 is 25.1 Å². The topological polar surface area (TPSA) is 124 Å². The van der Waals surface area contributed by atoms with E-state index in [1.807, 2.05) is 30.3 Å². The molecule has 0 saturated carbocycles. The second-order valence-corrected chi connectivity index (χ2v) is 7.25. The first-order chi connectivity index (χ1) is 9.70. The lowest BCUT2D eigenvalue weighted by atomic mass is 9.98. The van der Waals surface area contributed by atoms with Crippen LogP contribution in [0, 0.1) is 0 Å². The van der Waals surface area contributed by atoms with Gasteiger partial charge in [0.25, 0.3) is 0 Å². The molecule has 1 aromatic rings. The van der Waals surface area contributed by atoms with Crippen LogP contribution in [-0.4, -0.2) is 50.0 Å². The van der Waals surface area contributed by atoms with Gasteiger partial charge in [0.05, 0.1) is 6.16 Å². The molecular formula is C13H19N2O5P. The maximum absolute atomic E-state index is 11.3. The number of carboxylic acids is 1. The van der Waals surface area contributed by atoms with Crippen LogP contribution < -0.4 is 5.73 Å². The highest BCUT2D eigenvalue weighted by Gasteiger charge is 2.48. The number of nitrogens with zero attached hydrogens (tertiary/aromatic N) is 1. The molecule has 1 aromatic carbocycles. The monoisotopic (exact) mass is 314 g/mol. The van der Waals surface area contributed by atoms with Crippen LogP contribution in [0.25, 0.3) is 0 Å². The lowest BCUT2D eigenvalue weighted by Crippen LogP contribution is -2.50. The predicted octanol–water partition coefficient (Wildman–Crippen LogP) is 0.221. The summed E-state index contributed by atoms with van der Waals surface area (Å²) in [5, 5.41) is 9.23. The molecule has 1 heterocycles. The highest BCUT2D eigenvalue weighted by atomic mass is 31.2. The zero-order chi connectivity index (χ0) is 15.7. The van der Waals surface area contributed by atoms with E-state index in [4.69, 9.17) is 15.5 Å². The minimum Gasteiger partial charge on any atom is -0.480 e. The smallest absolute Gasteiger partial charge is 0.327 e. The number of hydrogen-bond donors (Lipinski definition) is 4. The molecule has 1 saturated heterocycles. The van der Waals surface area contributed by atoms with Gasteiger partial charge in [-0.05, 0) is 12.0 Å². The van der Waals surface area contributed by atoms with Gasteiger partial charge in [0.1, 0.15) is 5.54 Å². The van der Waals surface area contributed by atoms with Crippen molar-refractivity contribution in [2.45, 2.75) is 24.5 Å². The number of hydrogen-bond acceptors (Lipinski definition) is 4. The van der Waals surface area contributed by atoms with Crippen LogP contribution in [0.2, 0.25) is 0 Å². The number of carbonyl (C=O) groups is 1. The lowest BCUT2D eigenvalue weighted by Gasteiger charge is -2.24. The van der Waals surface area contributed by atoms with Gasteiger partial charge in [0, 0.05) is 19.1 Å². The molecular weight excluding hydrogens is 295 g/mol. The normalized spacial score (nSPS) is 26.9. The van der Waals surface area contributed by atoms with E-state index in [2.05, 4.69) is 0 Å². The van der Waals surface area contributed by atoms with Crippen LogP contribution in [-0.2, 0) is 15.9 Å². The molecule has 7 nitrogen and oxygen atoms in total. The Balaban J connectivity index is 2.19.